The van der Waals surface area contributed by atoms with Crippen molar-refractivity contribution in [1.29, 1.82) is 0 Å². The van der Waals surface area contributed by atoms with Gasteiger partial charge in [0.2, 0.25) is 0 Å². The average molecular weight is 409 g/mol. The number of para-hydroxylation sites is 1. The largest absolute Gasteiger partial charge is 0.481 e. The molecule has 2 aromatic carbocycles. The van der Waals surface area contributed by atoms with Crippen molar-refractivity contribution in [3.8, 4) is 5.75 Å². The highest BCUT2D eigenvalue weighted by molar-refractivity contribution is 6.04. The molecule has 0 saturated carbocycles. The summed E-state index contributed by atoms with van der Waals surface area (Å²) in [6.07, 6.45) is 2.52. The molecule has 0 unspecified atom stereocenters. The van der Waals surface area contributed by atoms with Gasteiger partial charge in [0.25, 0.3) is 11.8 Å². The van der Waals surface area contributed by atoms with Gasteiger partial charge in [0.1, 0.15) is 5.75 Å². The van der Waals surface area contributed by atoms with E-state index in [1.54, 1.807) is 19.1 Å². The Labute approximate surface area is 179 Å². The SMILES string of the molecule is C[C@@H](Oc1ccc(C(C)(C)C)cc1)C(=O)Nc1ccccc1C(=O)N1CCCCC1. The van der Waals surface area contributed by atoms with E-state index in [4.69, 9.17) is 4.74 Å². The van der Waals surface area contributed by atoms with Crippen molar-refractivity contribution in [1.82, 2.24) is 4.90 Å². The Balaban J connectivity index is 1.66. The van der Waals surface area contributed by atoms with Crippen molar-refractivity contribution in [2.75, 3.05) is 18.4 Å². The molecule has 0 radical (unpaired) electrons. The maximum absolute atomic E-state index is 12.9. The third kappa shape index (κ3) is 5.41. The fourth-order valence-corrected chi connectivity index (χ4v) is 3.57. The number of anilines is 1. The van der Waals surface area contributed by atoms with E-state index in [1.807, 2.05) is 41.3 Å². The van der Waals surface area contributed by atoms with Gasteiger partial charge < -0.3 is 15.0 Å². The first-order valence-corrected chi connectivity index (χ1v) is 10.7. The molecule has 1 heterocycles. The summed E-state index contributed by atoms with van der Waals surface area (Å²) in [5, 5.41) is 2.87. The molecule has 0 aliphatic carbocycles. The van der Waals surface area contributed by atoms with E-state index < -0.39 is 6.10 Å². The first-order chi connectivity index (χ1) is 14.3. The summed E-state index contributed by atoms with van der Waals surface area (Å²) >= 11 is 0. The van der Waals surface area contributed by atoms with Crippen LogP contribution in [0.1, 0.15) is 62.9 Å². The maximum atomic E-state index is 12.9. The smallest absolute Gasteiger partial charge is 0.265 e. The van der Waals surface area contributed by atoms with Crippen LogP contribution in [0.5, 0.6) is 5.75 Å². The van der Waals surface area contributed by atoms with Gasteiger partial charge >= 0.3 is 0 Å². The Morgan fingerprint density at radius 3 is 2.23 bits per heavy atom. The zero-order valence-electron chi connectivity index (χ0n) is 18.4. The normalized spacial score (nSPS) is 15.4. The van der Waals surface area contributed by atoms with Crippen LogP contribution in [0.15, 0.2) is 48.5 Å². The monoisotopic (exact) mass is 408 g/mol. The van der Waals surface area contributed by atoms with Gasteiger partial charge in [-0.15, -0.1) is 0 Å². The predicted molar refractivity (Wildman–Crippen MR) is 120 cm³/mol. The first-order valence-electron chi connectivity index (χ1n) is 10.7. The highest BCUT2D eigenvalue weighted by Crippen LogP contribution is 2.25. The molecule has 1 fully saturated rings. The Morgan fingerprint density at radius 1 is 0.967 bits per heavy atom. The van der Waals surface area contributed by atoms with E-state index in [9.17, 15) is 9.59 Å². The van der Waals surface area contributed by atoms with Crippen molar-refractivity contribution in [2.45, 2.75) is 58.5 Å². The highest BCUT2D eigenvalue weighted by Gasteiger charge is 2.23. The minimum absolute atomic E-state index is 0.0306. The van der Waals surface area contributed by atoms with Gasteiger partial charge in [-0.3, -0.25) is 9.59 Å². The van der Waals surface area contributed by atoms with Crippen LogP contribution in [-0.2, 0) is 10.2 Å². The second kappa shape index (κ2) is 9.33. The molecule has 0 spiro atoms. The Bertz CT molecular complexity index is 878. The van der Waals surface area contributed by atoms with E-state index in [-0.39, 0.29) is 17.2 Å². The van der Waals surface area contributed by atoms with Crippen LogP contribution >= 0.6 is 0 Å². The number of hydrogen-bond donors (Lipinski definition) is 1. The predicted octanol–water partition coefficient (Wildman–Crippen LogP) is 5.02. The molecule has 0 bridgehead atoms. The van der Waals surface area contributed by atoms with E-state index in [0.717, 1.165) is 32.4 Å². The van der Waals surface area contributed by atoms with Crippen LogP contribution in [0.4, 0.5) is 5.69 Å². The third-order valence-corrected chi connectivity index (χ3v) is 5.46. The number of hydrogen-bond acceptors (Lipinski definition) is 3. The molecule has 5 nitrogen and oxygen atoms in total. The van der Waals surface area contributed by atoms with Crippen LogP contribution in [-0.4, -0.2) is 35.9 Å². The average Bonchev–Trinajstić information content (AvgIpc) is 2.74. The zero-order chi connectivity index (χ0) is 21.7. The second-order valence-corrected chi connectivity index (χ2v) is 8.92. The zero-order valence-corrected chi connectivity index (χ0v) is 18.4. The van der Waals surface area contributed by atoms with Crippen LogP contribution in [0.2, 0.25) is 0 Å². The van der Waals surface area contributed by atoms with E-state index >= 15 is 0 Å². The van der Waals surface area contributed by atoms with Gasteiger partial charge in [0.05, 0.1) is 11.3 Å². The van der Waals surface area contributed by atoms with Crippen LogP contribution in [0.3, 0.4) is 0 Å². The summed E-state index contributed by atoms with van der Waals surface area (Å²) < 4.78 is 5.83. The van der Waals surface area contributed by atoms with Gasteiger partial charge in [0.15, 0.2) is 6.10 Å². The first kappa shape index (κ1) is 21.9. The van der Waals surface area contributed by atoms with E-state index in [2.05, 4.69) is 26.1 Å². The Hall–Kier alpha value is -2.82. The lowest BCUT2D eigenvalue weighted by Crippen LogP contribution is -2.36. The number of likely N-dealkylation sites (tertiary alicyclic amines) is 1. The summed E-state index contributed by atoms with van der Waals surface area (Å²) in [6, 6.07) is 15.0. The number of carbonyl (C=O) groups is 2. The van der Waals surface area contributed by atoms with E-state index in [1.165, 1.54) is 5.56 Å². The van der Waals surface area contributed by atoms with Crippen LogP contribution < -0.4 is 10.1 Å². The molecule has 0 aromatic heterocycles. The number of nitrogens with zero attached hydrogens (tertiary/aromatic N) is 1. The van der Waals surface area contributed by atoms with Gasteiger partial charge in [0, 0.05) is 13.1 Å². The van der Waals surface area contributed by atoms with Crippen molar-refractivity contribution < 1.29 is 14.3 Å². The van der Waals surface area contributed by atoms with Gasteiger partial charge in [-0.1, -0.05) is 45.0 Å². The van der Waals surface area contributed by atoms with Crippen LogP contribution in [0.25, 0.3) is 0 Å². The molecular formula is C25H32N2O3. The van der Waals surface area contributed by atoms with Crippen molar-refractivity contribution in [3.05, 3.63) is 59.7 Å². The number of nitrogens with one attached hydrogen (secondary N) is 1. The summed E-state index contributed by atoms with van der Waals surface area (Å²) in [4.78, 5) is 27.5. The number of ether oxygens (including phenoxy) is 1. The topological polar surface area (TPSA) is 58.6 Å². The number of rotatable bonds is 5. The molecule has 1 saturated heterocycles. The standard InChI is InChI=1S/C25H32N2O3/c1-18(30-20-14-12-19(13-15-20)25(2,3)4)23(28)26-22-11-7-6-10-21(22)24(29)27-16-8-5-9-17-27/h6-7,10-15,18H,5,8-9,16-17H2,1-4H3,(H,26,28)/t18-/m1/s1. The lowest BCUT2D eigenvalue weighted by molar-refractivity contribution is -0.122. The molecule has 1 aliphatic heterocycles. The number of benzene rings is 2. The summed E-state index contributed by atoms with van der Waals surface area (Å²) in [5.41, 5.74) is 2.31. The highest BCUT2D eigenvalue weighted by atomic mass is 16.5. The van der Waals surface area contributed by atoms with Crippen molar-refractivity contribution >= 4 is 17.5 Å². The molecule has 1 N–H and O–H groups in total. The van der Waals surface area contributed by atoms with Gasteiger partial charge in [-0.05, 0) is 61.4 Å². The Kier molecular flexibility index (Phi) is 6.80. The molecule has 1 atom stereocenters. The molecule has 3 rings (SSSR count). The minimum atomic E-state index is -0.691. The molecule has 1 aliphatic rings. The second-order valence-electron chi connectivity index (χ2n) is 8.92. The summed E-state index contributed by atoms with van der Waals surface area (Å²) in [6.45, 7) is 9.71. The molecule has 160 valence electrons. The lowest BCUT2D eigenvalue weighted by Gasteiger charge is -2.27. The number of piperidine rings is 1. The molecule has 30 heavy (non-hydrogen) atoms. The van der Waals surface area contributed by atoms with Gasteiger partial charge in [-0.25, -0.2) is 0 Å². The molecule has 5 heteroatoms. The number of carbonyl (C=O) groups excluding carboxylic acids is 2. The quantitative estimate of drug-likeness (QED) is 0.756. The van der Waals surface area contributed by atoms with E-state index in [0.29, 0.717) is 17.0 Å². The fourth-order valence-electron chi connectivity index (χ4n) is 3.57. The maximum Gasteiger partial charge on any atom is 0.265 e. The van der Waals surface area contributed by atoms with Crippen molar-refractivity contribution in [3.63, 3.8) is 0 Å². The molecule has 2 aromatic rings. The van der Waals surface area contributed by atoms with Gasteiger partial charge in [-0.2, -0.15) is 0 Å². The fraction of sp³-hybridized carbons (Fsp3) is 0.440. The minimum Gasteiger partial charge on any atom is -0.481 e. The lowest BCUT2D eigenvalue weighted by atomic mass is 9.87. The summed E-state index contributed by atoms with van der Waals surface area (Å²) in [5.74, 6) is 0.328. The third-order valence-electron chi connectivity index (χ3n) is 5.46. The Morgan fingerprint density at radius 2 is 1.60 bits per heavy atom. The molecular weight excluding hydrogens is 376 g/mol. The molecule has 2 amide bonds. The van der Waals surface area contributed by atoms with Crippen molar-refractivity contribution in [2.24, 2.45) is 0 Å². The number of amides is 2. The van der Waals surface area contributed by atoms with Crippen LogP contribution in [0, 0.1) is 0 Å². The summed E-state index contributed by atoms with van der Waals surface area (Å²) in [7, 11) is 0.